The van der Waals surface area contributed by atoms with E-state index in [1.54, 1.807) is 4.68 Å². The summed E-state index contributed by atoms with van der Waals surface area (Å²) >= 11 is 0. The Morgan fingerprint density at radius 2 is 2.00 bits per heavy atom. The third kappa shape index (κ3) is 3.27. The van der Waals surface area contributed by atoms with Crippen LogP contribution in [0, 0.1) is 5.92 Å². The van der Waals surface area contributed by atoms with E-state index in [0.29, 0.717) is 37.4 Å². The van der Waals surface area contributed by atoms with E-state index in [9.17, 15) is 4.79 Å². The van der Waals surface area contributed by atoms with Gasteiger partial charge in [-0.1, -0.05) is 5.21 Å². The Bertz CT molecular complexity index is 948. The first-order valence-corrected chi connectivity index (χ1v) is 9.02. The van der Waals surface area contributed by atoms with Gasteiger partial charge in [-0.05, 0) is 38.1 Å². The summed E-state index contributed by atoms with van der Waals surface area (Å²) in [6.45, 7) is 6.42. The van der Waals surface area contributed by atoms with Crippen LogP contribution in [0.15, 0.2) is 30.6 Å². The lowest BCUT2D eigenvalue weighted by molar-refractivity contribution is -0.120. The number of nitrogens with zero attached hydrogens (tertiary/aromatic N) is 6. The third-order valence-corrected chi connectivity index (χ3v) is 4.57. The van der Waals surface area contributed by atoms with Crippen molar-refractivity contribution in [2.45, 2.75) is 20.4 Å². The number of hydrogen-bond acceptors (Lipinski definition) is 7. The molecule has 1 fully saturated rings. The normalized spacial score (nSPS) is 14.2. The average molecular weight is 367 g/mol. The molecule has 1 saturated heterocycles. The van der Waals surface area contributed by atoms with Gasteiger partial charge < -0.3 is 15.0 Å². The molecule has 4 rings (SSSR count). The first kappa shape index (κ1) is 17.2. The molecule has 0 saturated carbocycles. The number of nitrogens with one attached hydrogen (secondary N) is 1. The summed E-state index contributed by atoms with van der Waals surface area (Å²) in [4.78, 5) is 23.1. The van der Waals surface area contributed by atoms with Crippen LogP contribution in [-0.4, -0.2) is 50.6 Å². The number of carbonyl (C=O) groups excluding carboxylic acids is 1. The number of benzene rings is 1. The Labute approximate surface area is 156 Å². The average Bonchev–Trinajstić information content (AvgIpc) is 3.06. The molecule has 1 aromatic carbocycles. The molecule has 9 heteroatoms. The number of aryl methyl sites for hydroxylation is 1. The number of anilines is 2. The van der Waals surface area contributed by atoms with Crippen LogP contribution in [-0.2, 0) is 11.3 Å². The van der Waals surface area contributed by atoms with Crippen molar-refractivity contribution in [2.24, 2.45) is 5.92 Å². The van der Waals surface area contributed by atoms with E-state index in [1.165, 1.54) is 6.33 Å². The Morgan fingerprint density at radius 1 is 1.22 bits per heavy atom. The van der Waals surface area contributed by atoms with Gasteiger partial charge in [0.25, 0.3) is 0 Å². The van der Waals surface area contributed by atoms with E-state index in [1.807, 2.05) is 43.0 Å². The summed E-state index contributed by atoms with van der Waals surface area (Å²) < 4.78 is 7.14. The van der Waals surface area contributed by atoms with E-state index in [4.69, 9.17) is 4.74 Å². The molecule has 27 heavy (non-hydrogen) atoms. The van der Waals surface area contributed by atoms with Gasteiger partial charge in [0.1, 0.15) is 12.1 Å². The molecule has 1 aliphatic heterocycles. The Balaban J connectivity index is 1.39. The molecule has 1 N–H and O–H groups in total. The van der Waals surface area contributed by atoms with Gasteiger partial charge in [-0.3, -0.25) is 4.79 Å². The van der Waals surface area contributed by atoms with Crippen molar-refractivity contribution in [2.75, 3.05) is 29.9 Å². The van der Waals surface area contributed by atoms with Crippen LogP contribution in [0.5, 0.6) is 5.75 Å². The molecule has 0 radical (unpaired) electrons. The number of ether oxygens (including phenoxy) is 1. The van der Waals surface area contributed by atoms with E-state index >= 15 is 0 Å². The second-order valence-corrected chi connectivity index (χ2v) is 6.32. The number of aromatic nitrogens is 5. The van der Waals surface area contributed by atoms with Crippen LogP contribution < -0.4 is 15.0 Å². The lowest BCUT2D eigenvalue weighted by Crippen LogP contribution is -2.52. The Morgan fingerprint density at radius 3 is 2.70 bits per heavy atom. The van der Waals surface area contributed by atoms with Crippen LogP contribution in [0.1, 0.15) is 13.8 Å². The summed E-state index contributed by atoms with van der Waals surface area (Å²) in [6, 6.07) is 7.38. The summed E-state index contributed by atoms with van der Waals surface area (Å²) in [7, 11) is 0. The maximum absolute atomic E-state index is 12.5. The quantitative estimate of drug-likeness (QED) is 0.708. The standard InChI is InChI=1S/C18H21N7O2/c1-3-25-17-15(22-23-25)16(19-11-20-17)24-9-12(10-24)18(26)21-13-5-7-14(8-6-13)27-4-2/h5-8,11-12H,3-4,9-10H2,1-2H3,(H,21,26). The highest BCUT2D eigenvalue weighted by Gasteiger charge is 2.35. The number of fused-ring (bicyclic) bond motifs is 1. The van der Waals surface area contributed by atoms with E-state index in [2.05, 4.69) is 25.6 Å². The van der Waals surface area contributed by atoms with Crippen LogP contribution >= 0.6 is 0 Å². The molecule has 1 amide bonds. The zero-order valence-corrected chi connectivity index (χ0v) is 15.3. The number of amides is 1. The highest BCUT2D eigenvalue weighted by molar-refractivity contribution is 5.95. The topological polar surface area (TPSA) is 98.1 Å². The van der Waals surface area contributed by atoms with Gasteiger partial charge in [0.15, 0.2) is 17.0 Å². The fourth-order valence-electron chi connectivity index (χ4n) is 3.09. The molecule has 0 spiro atoms. The van der Waals surface area contributed by atoms with Crippen LogP contribution in [0.3, 0.4) is 0 Å². The summed E-state index contributed by atoms with van der Waals surface area (Å²) in [5.74, 6) is 1.42. The van der Waals surface area contributed by atoms with Gasteiger partial charge in [0.2, 0.25) is 5.91 Å². The van der Waals surface area contributed by atoms with Gasteiger partial charge >= 0.3 is 0 Å². The SMILES string of the molecule is CCOc1ccc(NC(=O)C2CN(c3ncnc4c3nnn4CC)C2)cc1. The van der Waals surface area contributed by atoms with Gasteiger partial charge in [-0.25, -0.2) is 14.6 Å². The largest absolute Gasteiger partial charge is 0.494 e. The Kier molecular flexibility index (Phi) is 4.57. The van der Waals surface area contributed by atoms with Crippen molar-refractivity contribution in [1.29, 1.82) is 0 Å². The first-order chi connectivity index (χ1) is 13.2. The van der Waals surface area contributed by atoms with E-state index in [0.717, 1.165) is 17.3 Å². The molecule has 0 atom stereocenters. The zero-order chi connectivity index (χ0) is 18.8. The van der Waals surface area contributed by atoms with Crippen LogP contribution in [0.2, 0.25) is 0 Å². The highest BCUT2D eigenvalue weighted by atomic mass is 16.5. The minimum Gasteiger partial charge on any atom is -0.494 e. The molecule has 0 aliphatic carbocycles. The lowest BCUT2D eigenvalue weighted by Gasteiger charge is -2.38. The maximum Gasteiger partial charge on any atom is 0.231 e. The monoisotopic (exact) mass is 367 g/mol. The Hall–Kier alpha value is -3.23. The van der Waals surface area contributed by atoms with Crippen molar-refractivity contribution in [3.63, 3.8) is 0 Å². The van der Waals surface area contributed by atoms with Crippen LogP contribution in [0.25, 0.3) is 11.2 Å². The minimum atomic E-state index is -0.0946. The fourth-order valence-corrected chi connectivity index (χ4v) is 3.09. The molecule has 0 bridgehead atoms. The molecule has 9 nitrogen and oxygen atoms in total. The zero-order valence-electron chi connectivity index (χ0n) is 15.3. The molecule has 3 heterocycles. The second kappa shape index (κ2) is 7.18. The first-order valence-electron chi connectivity index (χ1n) is 9.02. The molecule has 1 aliphatic rings. The maximum atomic E-state index is 12.5. The van der Waals surface area contributed by atoms with Crippen molar-refractivity contribution in [1.82, 2.24) is 25.0 Å². The second-order valence-electron chi connectivity index (χ2n) is 6.32. The smallest absolute Gasteiger partial charge is 0.231 e. The van der Waals surface area contributed by atoms with E-state index < -0.39 is 0 Å². The van der Waals surface area contributed by atoms with Crippen molar-refractivity contribution in [3.8, 4) is 5.75 Å². The molecular weight excluding hydrogens is 346 g/mol. The summed E-state index contributed by atoms with van der Waals surface area (Å²) in [5.41, 5.74) is 2.15. The summed E-state index contributed by atoms with van der Waals surface area (Å²) in [5, 5.41) is 11.2. The number of hydrogen-bond donors (Lipinski definition) is 1. The molecule has 140 valence electrons. The fraction of sp³-hybridized carbons (Fsp3) is 0.389. The van der Waals surface area contributed by atoms with Gasteiger partial charge in [-0.2, -0.15) is 0 Å². The lowest BCUT2D eigenvalue weighted by atomic mass is 9.99. The van der Waals surface area contributed by atoms with Crippen molar-refractivity contribution < 1.29 is 9.53 Å². The third-order valence-electron chi connectivity index (χ3n) is 4.57. The molecular formula is C18H21N7O2. The molecule has 3 aromatic rings. The van der Waals surface area contributed by atoms with E-state index in [-0.39, 0.29) is 11.8 Å². The minimum absolute atomic E-state index is 0.00192. The van der Waals surface area contributed by atoms with Crippen LogP contribution in [0.4, 0.5) is 11.5 Å². The number of rotatable bonds is 6. The van der Waals surface area contributed by atoms with Crippen molar-refractivity contribution >= 4 is 28.6 Å². The number of carbonyl (C=O) groups is 1. The van der Waals surface area contributed by atoms with Gasteiger partial charge in [0.05, 0.1) is 12.5 Å². The molecule has 2 aromatic heterocycles. The highest BCUT2D eigenvalue weighted by Crippen LogP contribution is 2.28. The predicted molar refractivity (Wildman–Crippen MR) is 101 cm³/mol. The molecule has 0 unspecified atom stereocenters. The van der Waals surface area contributed by atoms with Crippen molar-refractivity contribution in [3.05, 3.63) is 30.6 Å². The van der Waals surface area contributed by atoms with Gasteiger partial charge in [-0.15, -0.1) is 5.10 Å². The van der Waals surface area contributed by atoms with Gasteiger partial charge in [0, 0.05) is 25.3 Å². The predicted octanol–water partition coefficient (Wildman–Crippen LogP) is 1.71. The summed E-state index contributed by atoms with van der Waals surface area (Å²) in [6.07, 6.45) is 1.51.